The van der Waals surface area contributed by atoms with Gasteiger partial charge in [-0.15, -0.1) is 11.3 Å². The fraction of sp³-hybridized carbons (Fsp3) is 0.667. The third kappa shape index (κ3) is 3.06. The molecule has 74 valence electrons. The molecule has 4 heteroatoms. The lowest BCUT2D eigenvalue weighted by Crippen LogP contribution is -2.36. The number of nitrogens with zero attached hydrogens (tertiary/aromatic N) is 2. The molecule has 0 aliphatic carbocycles. The predicted molar refractivity (Wildman–Crippen MR) is 56.7 cm³/mol. The first-order chi connectivity index (χ1) is 6.27. The van der Waals surface area contributed by atoms with Crippen molar-refractivity contribution in [3.05, 3.63) is 16.6 Å². The van der Waals surface area contributed by atoms with Crippen LogP contribution in [0.15, 0.2) is 10.9 Å². The van der Waals surface area contributed by atoms with Crippen LogP contribution in [0.1, 0.15) is 19.0 Å². The van der Waals surface area contributed by atoms with Crippen LogP contribution in [0.5, 0.6) is 0 Å². The van der Waals surface area contributed by atoms with E-state index in [1.807, 2.05) is 5.51 Å². The van der Waals surface area contributed by atoms with Crippen molar-refractivity contribution >= 4 is 11.3 Å². The summed E-state index contributed by atoms with van der Waals surface area (Å²) >= 11 is 1.64. The molecule has 1 rings (SSSR count). The first-order valence-electron chi connectivity index (χ1n) is 4.55. The molecule has 1 aromatic rings. The Labute approximate surface area is 83.6 Å². The highest BCUT2D eigenvalue weighted by Crippen LogP contribution is 2.07. The van der Waals surface area contributed by atoms with Crippen molar-refractivity contribution in [2.75, 3.05) is 13.6 Å². The van der Waals surface area contributed by atoms with E-state index in [4.69, 9.17) is 5.73 Å². The number of hydrogen-bond acceptors (Lipinski definition) is 4. The first kappa shape index (κ1) is 10.6. The van der Waals surface area contributed by atoms with Crippen LogP contribution in [-0.4, -0.2) is 29.5 Å². The summed E-state index contributed by atoms with van der Waals surface area (Å²) in [5, 5.41) is 2.08. The minimum atomic E-state index is 0.474. The van der Waals surface area contributed by atoms with Crippen molar-refractivity contribution in [3.63, 3.8) is 0 Å². The lowest BCUT2D eigenvalue weighted by Gasteiger charge is -2.24. The van der Waals surface area contributed by atoms with Gasteiger partial charge >= 0.3 is 0 Å². The Hall–Kier alpha value is -0.450. The molecule has 0 saturated carbocycles. The lowest BCUT2D eigenvalue weighted by molar-refractivity contribution is 0.231. The van der Waals surface area contributed by atoms with E-state index in [9.17, 15) is 0 Å². The fourth-order valence-corrected chi connectivity index (χ4v) is 1.91. The van der Waals surface area contributed by atoms with Crippen LogP contribution in [0.25, 0.3) is 0 Å². The third-order valence-electron chi connectivity index (χ3n) is 2.26. The van der Waals surface area contributed by atoms with Crippen LogP contribution < -0.4 is 5.73 Å². The quantitative estimate of drug-likeness (QED) is 0.777. The Morgan fingerprint density at radius 2 is 2.46 bits per heavy atom. The summed E-state index contributed by atoms with van der Waals surface area (Å²) in [6.45, 7) is 3.78. The molecular weight excluding hydrogens is 182 g/mol. The van der Waals surface area contributed by atoms with E-state index in [1.165, 1.54) is 0 Å². The van der Waals surface area contributed by atoms with Crippen molar-refractivity contribution in [2.45, 2.75) is 25.9 Å². The SMILES string of the molecule is CCC(CN)N(C)Cc1cscn1. The molecule has 0 saturated heterocycles. The molecule has 0 spiro atoms. The maximum Gasteiger partial charge on any atom is 0.0795 e. The van der Waals surface area contributed by atoms with Crippen molar-refractivity contribution in [1.29, 1.82) is 0 Å². The molecular formula is C9H17N3S. The molecule has 3 nitrogen and oxygen atoms in total. The average molecular weight is 199 g/mol. The fourth-order valence-electron chi connectivity index (χ4n) is 1.36. The van der Waals surface area contributed by atoms with Gasteiger partial charge in [-0.05, 0) is 13.5 Å². The van der Waals surface area contributed by atoms with Gasteiger partial charge in [0.25, 0.3) is 0 Å². The van der Waals surface area contributed by atoms with Gasteiger partial charge in [0, 0.05) is 24.5 Å². The van der Waals surface area contributed by atoms with Gasteiger partial charge in [-0.3, -0.25) is 4.90 Å². The van der Waals surface area contributed by atoms with Gasteiger partial charge in [0.05, 0.1) is 11.2 Å². The minimum absolute atomic E-state index is 0.474. The minimum Gasteiger partial charge on any atom is -0.329 e. The van der Waals surface area contributed by atoms with E-state index in [0.717, 1.165) is 25.2 Å². The zero-order chi connectivity index (χ0) is 9.68. The van der Waals surface area contributed by atoms with Crippen LogP contribution in [0.2, 0.25) is 0 Å². The molecule has 1 atom stereocenters. The van der Waals surface area contributed by atoms with Gasteiger partial charge in [-0.25, -0.2) is 4.98 Å². The smallest absolute Gasteiger partial charge is 0.0795 e. The lowest BCUT2D eigenvalue weighted by atomic mass is 10.2. The first-order valence-corrected chi connectivity index (χ1v) is 5.49. The number of rotatable bonds is 5. The molecule has 0 amide bonds. The number of hydrogen-bond donors (Lipinski definition) is 1. The van der Waals surface area contributed by atoms with Gasteiger partial charge < -0.3 is 5.73 Å². The van der Waals surface area contributed by atoms with E-state index >= 15 is 0 Å². The molecule has 0 aliphatic heterocycles. The molecule has 0 fully saturated rings. The van der Waals surface area contributed by atoms with Gasteiger partial charge in [-0.1, -0.05) is 6.92 Å². The van der Waals surface area contributed by atoms with E-state index in [-0.39, 0.29) is 0 Å². The van der Waals surface area contributed by atoms with Crippen LogP contribution in [0, 0.1) is 0 Å². The topological polar surface area (TPSA) is 42.1 Å². The highest BCUT2D eigenvalue weighted by Gasteiger charge is 2.11. The number of aromatic nitrogens is 1. The Kier molecular flexibility index (Phi) is 4.35. The Morgan fingerprint density at radius 3 is 2.92 bits per heavy atom. The summed E-state index contributed by atoms with van der Waals surface area (Å²) in [5.41, 5.74) is 8.66. The van der Waals surface area contributed by atoms with Crippen molar-refractivity contribution in [3.8, 4) is 0 Å². The van der Waals surface area contributed by atoms with Gasteiger partial charge in [0.1, 0.15) is 0 Å². The van der Waals surface area contributed by atoms with Crippen molar-refractivity contribution in [1.82, 2.24) is 9.88 Å². The second-order valence-electron chi connectivity index (χ2n) is 3.19. The Balaban J connectivity index is 2.44. The molecule has 1 aromatic heterocycles. The molecule has 2 N–H and O–H groups in total. The second kappa shape index (κ2) is 5.32. The van der Waals surface area contributed by atoms with Crippen LogP contribution in [0.4, 0.5) is 0 Å². The number of likely N-dealkylation sites (N-methyl/N-ethyl adjacent to an activating group) is 1. The summed E-state index contributed by atoms with van der Waals surface area (Å²) in [5.74, 6) is 0. The normalized spacial score (nSPS) is 13.5. The predicted octanol–water partition coefficient (Wildman–Crippen LogP) is 1.31. The molecule has 1 unspecified atom stereocenters. The standard InChI is InChI=1S/C9H17N3S/c1-3-9(4-10)12(2)5-8-6-13-7-11-8/h6-7,9H,3-5,10H2,1-2H3. The highest BCUT2D eigenvalue weighted by molar-refractivity contribution is 7.07. The Morgan fingerprint density at radius 1 is 1.69 bits per heavy atom. The third-order valence-corrected chi connectivity index (χ3v) is 2.90. The van der Waals surface area contributed by atoms with Crippen LogP contribution >= 0.6 is 11.3 Å². The van der Waals surface area contributed by atoms with Gasteiger partial charge in [-0.2, -0.15) is 0 Å². The largest absolute Gasteiger partial charge is 0.329 e. The van der Waals surface area contributed by atoms with Crippen molar-refractivity contribution in [2.24, 2.45) is 5.73 Å². The van der Waals surface area contributed by atoms with E-state index in [1.54, 1.807) is 11.3 Å². The number of thiazole rings is 1. The average Bonchev–Trinajstić information content (AvgIpc) is 2.59. The van der Waals surface area contributed by atoms with E-state index in [2.05, 4.69) is 29.2 Å². The summed E-state index contributed by atoms with van der Waals surface area (Å²) in [4.78, 5) is 6.50. The zero-order valence-corrected chi connectivity index (χ0v) is 9.05. The van der Waals surface area contributed by atoms with Crippen LogP contribution in [0.3, 0.4) is 0 Å². The van der Waals surface area contributed by atoms with Crippen LogP contribution in [-0.2, 0) is 6.54 Å². The van der Waals surface area contributed by atoms with Gasteiger partial charge in [0.2, 0.25) is 0 Å². The second-order valence-corrected chi connectivity index (χ2v) is 3.91. The maximum absolute atomic E-state index is 5.65. The summed E-state index contributed by atoms with van der Waals surface area (Å²) in [6.07, 6.45) is 1.09. The molecule has 13 heavy (non-hydrogen) atoms. The molecule has 1 heterocycles. The maximum atomic E-state index is 5.65. The molecule has 0 aliphatic rings. The zero-order valence-electron chi connectivity index (χ0n) is 8.23. The monoisotopic (exact) mass is 199 g/mol. The summed E-state index contributed by atoms with van der Waals surface area (Å²) in [6, 6.07) is 0.474. The molecule has 0 bridgehead atoms. The summed E-state index contributed by atoms with van der Waals surface area (Å²) < 4.78 is 0. The van der Waals surface area contributed by atoms with Gasteiger partial charge in [0.15, 0.2) is 0 Å². The Bertz CT molecular complexity index is 219. The summed E-state index contributed by atoms with van der Waals surface area (Å²) in [7, 11) is 2.10. The number of nitrogens with two attached hydrogens (primary N) is 1. The van der Waals surface area contributed by atoms with E-state index in [0.29, 0.717) is 6.04 Å². The van der Waals surface area contributed by atoms with E-state index < -0.39 is 0 Å². The molecule has 0 radical (unpaired) electrons. The van der Waals surface area contributed by atoms with Crippen molar-refractivity contribution < 1.29 is 0 Å². The highest BCUT2D eigenvalue weighted by atomic mass is 32.1. The molecule has 0 aromatic carbocycles.